The molecule has 15 nitrogen and oxygen atoms in total. The molecule has 2 aliphatic heterocycles. The zero-order valence-corrected chi connectivity index (χ0v) is 36.9. The van der Waals surface area contributed by atoms with Crippen molar-refractivity contribution in [2.45, 2.75) is 216 Å². The number of hydrogen-bond donors (Lipinski definition) is 7. The summed E-state index contributed by atoms with van der Waals surface area (Å²) >= 11 is 0. The van der Waals surface area contributed by atoms with Crippen molar-refractivity contribution in [3.05, 3.63) is 36.5 Å². The lowest BCUT2D eigenvalue weighted by molar-refractivity contribution is -0.332. The van der Waals surface area contributed by atoms with Gasteiger partial charge in [-0.3, -0.25) is 9.59 Å². The van der Waals surface area contributed by atoms with E-state index in [1.807, 2.05) is 24.3 Å². The maximum absolute atomic E-state index is 12.9. The summed E-state index contributed by atoms with van der Waals surface area (Å²) in [5, 5.41) is 71.8. The molecule has 0 radical (unpaired) electrons. The highest BCUT2D eigenvalue weighted by atomic mass is 16.7. The van der Waals surface area contributed by atoms with Crippen molar-refractivity contribution in [2.75, 3.05) is 26.4 Å². The van der Waals surface area contributed by atoms with E-state index in [1.54, 1.807) is 0 Å². The molecule has 0 aliphatic carbocycles. The smallest absolute Gasteiger partial charge is 0.306 e. The second-order valence-corrected chi connectivity index (χ2v) is 16.3. The van der Waals surface area contributed by atoms with Crippen LogP contribution in [0.1, 0.15) is 149 Å². The van der Waals surface area contributed by atoms with Crippen LogP contribution in [0.3, 0.4) is 0 Å². The molecular weight excluding hydrogens is 792 g/mol. The van der Waals surface area contributed by atoms with E-state index in [9.17, 15) is 45.3 Å². The molecular formula is C46H80O15. The molecule has 0 amide bonds. The SMILES string of the molecule is CC/C=C/C=C/C=C/CCCCCCCC(=O)OC(COC(=O)CCCCCCCCCCCCCC)CO[C@@H]1O[C@H](CO[C@@H]2O[C@H](CO)[C@H](O)C(O)C2O)[C@H](O)C(O)C1O. The number of aliphatic hydroxyl groups is 7. The zero-order valence-electron chi connectivity index (χ0n) is 36.9. The summed E-state index contributed by atoms with van der Waals surface area (Å²) in [7, 11) is 0. The standard InChI is InChI=1S/C46H80O15/c1-3-5-7-9-11-13-15-17-19-21-23-25-27-29-38(49)59-34(31-56-37(48)28-26-24-22-20-18-16-14-12-10-8-6-4-2)32-57-45-44(55)42(53)40(51)36(61-45)33-58-46-43(54)41(52)39(50)35(30-47)60-46/h5,7,9,11,13,15,34-36,39-47,50-55H,3-4,6,8,10,12,14,16-33H2,1-2H3/b7-5+,11-9+,15-13+/t34?,35-,36-,39+,40+,41?,42?,43?,44?,45-,46-/m1/s1. The number of esters is 2. The highest BCUT2D eigenvalue weighted by Gasteiger charge is 2.47. The average Bonchev–Trinajstić information content (AvgIpc) is 3.25. The van der Waals surface area contributed by atoms with Crippen molar-refractivity contribution in [1.29, 1.82) is 0 Å². The van der Waals surface area contributed by atoms with E-state index in [4.69, 9.17) is 28.4 Å². The van der Waals surface area contributed by atoms with Gasteiger partial charge in [-0.15, -0.1) is 0 Å². The Bertz CT molecular complexity index is 1210. The first-order valence-corrected chi connectivity index (χ1v) is 23.1. The third-order valence-electron chi connectivity index (χ3n) is 10.9. The van der Waals surface area contributed by atoms with E-state index in [1.165, 1.54) is 51.4 Å². The van der Waals surface area contributed by atoms with Gasteiger partial charge in [-0.1, -0.05) is 140 Å². The number of carbonyl (C=O) groups is 2. The molecule has 0 spiro atoms. The molecule has 2 heterocycles. The lowest BCUT2D eigenvalue weighted by atomic mass is 9.98. The van der Waals surface area contributed by atoms with Crippen molar-refractivity contribution in [3.63, 3.8) is 0 Å². The van der Waals surface area contributed by atoms with Crippen LogP contribution >= 0.6 is 0 Å². The van der Waals surface area contributed by atoms with Crippen LogP contribution in [0.25, 0.3) is 0 Å². The van der Waals surface area contributed by atoms with Crippen LogP contribution in [-0.4, -0.2) is 142 Å². The highest BCUT2D eigenvalue weighted by molar-refractivity contribution is 5.70. The molecule has 0 aromatic heterocycles. The van der Waals surface area contributed by atoms with E-state index in [2.05, 4.69) is 26.0 Å². The van der Waals surface area contributed by atoms with Crippen LogP contribution in [0, 0.1) is 0 Å². The molecule has 354 valence electrons. The normalized spacial score (nSPS) is 27.6. The van der Waals surface area contributed by atoms with Crippen LogP contribution in [0.2, 0.25) is 0 Å². The Kier molecular flexibility index (Phi) is 30.7. The van der Waals surface area contributed by atoms with Crippen LogP contribution < -0.4 is 0 Å². The second-order valence-electron chi connectivity index (χ2n) is 16.3. The quantitative estimate of drug-likeness (QED) is 0.0257. The highest BCUT2D eigenvalue weighted by Crippen LogP contribution is 2.26. The summed E-state index contributed by atoms with van der Waals surface area (Å²) in [6.07, 6.45) is 16.2. The topological polar surface area (TPSA) is 231 Å². The Morgan fingerprint density at radius 3 is 1.61 bits per heavy atom. The Balaban J connectivity index is 1.86. The fourth-order valence-corrected chi connectivity index (χ4v) is 7.10. The first-order valence-electron chi connectivity index (χ1n) is 23.1. The van der Waals surface area contributed by atoms with Gasteiger partial charge >= 0.3 is 11.9 Å². The maximum Gasteiger partial charge on any atom is 0.306 e. The van der Waals surface area contributed by atoms with Crippen LogP contribution in [0.4, 0.5) is 0 Å². The van der Waals surface area contributed by atoms with Gasteiger partial charge in [0.25, 0.3) is 0 Å². The fraction of sp³-hybridized carbons (Fsp3) is 0.826. The van der Waals surface area contributed by atoms with E-state index in [0.717, 1.165) is 57.8 Å². The van der Waals surface area contributed by atoms with Gasteiger partial charge in [0.15, 0.2) is 18.7 Å². The average molecular weight is 873 g/mol. The van der Waals surface area contributed by atoms with E-state index in [0.29, 0.717) is 12.8 Å². The molecule has 0 bridgehead atoms. The molecule has 2 saturated heterocycles. The van der Waals surface area contributed by atoms with E-state index >= 15 is 0 Å². The molecule has 2 aliphatic rings. The first kappa shape index (κ1) is 54.9. The molecule has 0 saturated carbocycles. The summed E-state index contributed by atoms with van der Waals surface area (Å²) in [5.41, 5.74) is 0. The molecule has 5 unspecified atom stereocenters. The predicted molar refractivity (Wildman–Crippen MR) is 229 cm³/mol. The van der Waals surface area contributed by atoms with Crippen LogP contribution in [-0.2, 0) is 38.0 Å². The van der Waals surface area contributed by atoms with Gasteiger partial charge in [-0.2, -0.15) is 0 Å². The number of hydrogen-bond acceptors (Lipinski definition) is 15. The van der Waals surface area contributed by atoms with Crippen molar-refractivity contribution < 1.29 is 73.8 Å². The van der Waals surface area contributed by atoms with Gasteiger partial charge in [0.1, 0.15) is 55.4 Å². The number of ether oxygens (including phenoxy) is 6. The van der Waals surface area contributed by atoms with Gasteiger partial charge in [-0.05, 0) is 32.1 Å². The van der Waals surface area contributed by atoms with Gasteiger partial charge < -0.3 is 64.2 Å². The molecule has 0 aromatic carbocycles. The molecule has 2 rings (SSSR count). The minimum absolute atomic E-state index is 0.143. The van der Waals surface area contributed by atoms with Gasteiger partial charge in [0.2, 0.25) is 0 Å². The maximum atomic E-state index is 12.9. The molecule has 7 N–H and O–H groups in total. The minimum Gasteiger partial charge on any atom is -0.462 e. The summed E-state index contributed by atoms with van der Waals surface area (Å²) in [6.45, 7) is 2.41. The van der Waals surface area contributed by atoms with Gasteiger partial charge in [-0.25, -0.2) is 0 Å². The summed E-state index contributed by atoms with van der Waals surface area (Å²) in [5.74, 6) is -0.950. The van der Waals surface area contributed by atoms with E-state index in [-0.39, 0.29) is 26.1 Å². The van der Waals surface area contributed by atoms with Crippen LogP contribution in [0.15, 0.2) is 36.5 Å². The molecule has 15 heteroatoms. The van der Waals surface area contributed by atoms with Crippen LogP contribution in [0.5, 0.6) is 0 Å². The third-order valence-corrected chi connectivity index (χ3v) is 10.9. The fourth-order valence-electron chi connectivity index (χ4n) is 7.10. The first-order chi connectivity index (χ1) is 29.5. The number of allylic oxidation sites excluding steroid dienone is 6. The Morgan fingerprint density at radius 2 is 1.03 bits per heavy atom. The third kappa shape index (κ3) is 23.3. The number of rotatable bonds is 34. The molecule has 2 fully saturated rings. The Hall–Kier alpha value is -2.28. The number of carbonyl (C=O) groups excluding carboxylic acids is 2. The van der Waals surface area contributed by atoms with E-state index < -0.39 is 92.7 Å². The van der Waals surface area contributed by atoms with Crippen molar-refractivity contribution in [1.82, 2.24) is 0 Å². The summed E-state index contributed by atoms with van der Waals surface area (Å²) in [6, 6.07) is 0. The molecule has 11 atom stereocenters. The monoisotopic (exact) mass is 873 g/mol. The van der Waals surface area contributed by atoms with Crippen molar-refractivity contribution >= 4 is 11.9 Å². The molecule has 61 heavy (non-hydrogen) atoms. The molecule has 0 aromatic rings. The minimum atomic E-state index is -1.77. The summed E-state index contributed by atoms with van der Waals surface area (Å²) < 4.78 is 33.4. The van der Waals surface area contributed by atoms with Gasteiger partial charge in [0.05, 0.1) is 19.8 Å². The van der Waals surface area contributed by atoms with Crippen molar-refractivity contribution in [2.24, 2.45) is 0 Å². The lowest BCUT2D eigenvalue weighted by Crippen LogP contribution is -2.61. The Labute approximate surface area is 364 Å². The lowest BCUT2D eigenvalue weighted by Gasteiger charge is -2.42. The second kappa shape index (κ2) is 34.2. The summed E-state index contributed by atoms with van der Waals surface area (Å²) in [4.78, 5) is 25.6. The van der Waals surface area contributed by atoms with Crippen molar-refractivity contribution in [3.8, 4) is 0 Å². The largest absolute Gasteiger partial charge is 0.462 e. The Morgan fingerprint density at radius 1 is 0.541 bits per heavy atom. The number of aliphatic hydroxyl groups excluding tert-OH is 7. The number of unbranched alkanes of at least 4 members (excludes halogenated alkanes) is 16. The predicted octanol–water partition coefficient (Wildman–Crippen LogP) is 4.98. The van der Waals surface area contributed by atoms with Gasteiger partial charge in [0, 0.05) is 12.8 Å². The zero-order chi connectivity index (χ0) is 44.7.